The average molecular weight is 341 g/mol. The molecule has 0 radical (unpaired) electrons. The Morgan fingerprint density at radius 1 is 1.48 bits per heavy atom. The van der Waals surface area contributed by atoms with Gasteiger partial charge in [0.25, 0.3) is 0 Å². The van der Waals surface area contributed by atoms with Crippen LogP contribution >= 0.6 is 0 Å². The van der Waals surface area contributed by atoms with E-state index in [1.165, 1.54) is 18.2 Å². The molecule has 2 rings (SSSR count). The Balaban J connectivity index is 1.85. The molecule has 1 saturated carbocycles. The molecule has 1 aliphatic rings. The Morgan fingerprint density at radius 3 is 2.96 bits per heavy atom. The van der Waals surface area contributed by atoms with Crippen LogP contribution in [0.1, 0.15) is 50.7 Å². The summed E-state index contributed by atoms with van der Waals surface area (Å²) in [6, 6.07) is 5.65. The SMILES string of the molecule is CCS(=O)C1CCCC(NC(=O)CC(O)c2cccc(F)c2)C1. The minimum Gasteiger partial charge on any atom is -0.388 e. The second-order valence-electron chi connectivity index (χ2n) is 6.00. The summed E-state index contributed by atoms with van der Waals surface area (Å²) in [6.45, 7) is 1.91. The molecule has 1 amide bonds. The highest BCUT2D eigenvalue weighted by Crippen LogP contribution is 2.24. The molecule has 23 heavy (non-hydrogen) atoms. The molecule has 4 unspecified atom stereocenters. The number of carbonyl (C=O) groups is 1. The molecule has 6 heteroatoms. The number of nitrogens with one attached hydrogen (secondary N) is 1. The Hall–Kier alpha value is -1.27. The number of carbonyl (C=O) groups excluding carboxylic acids is 1. The number of halogens is 1. The maximum absolute atomic E-state index is 13.1. The molecule has 4 atom stereocenters. The molecule has 128 valence electrons. The zero-order valence-corrected chi connectivity index (χ0v) is 14.2. The van der Waals surface area contributed by atoms with Crippen molar-refractivity contribution < 1.29 is 18.5 Å². The summed E-state index contributed by atoms with van der Waals surface area (Å²) >= 11 is 0. The number of rotatable bonds is 6. The van der Waals surface area contributed by atoms with Gasteiger partial charge in [0, 0.05) is 27.8 Å². The minimum atomic E-state index is -1.02. The van der Waals surface area contributed by atoms with Crippen LogP contribution in [0, 0.1) is 5.82 Å². The van der Waals surface area contributed by atoms with Crippen molar-refractivity contribution >= 4 is 16.7 Å². The molecule has 1 aromatic rings. The molecular formula is C17H24FNO3S. The van der Waals surface area contributed by atoms with Gasteiger partial charge in [0.05, 0.1) is 12.5 Å². The smallest absolute Gasteiger partial charge is 0.223 e. The maximum Gasteiger partial charge on any atom is 0.223 e. The zero-order chi connectivity index (χ0) is 16.8. The lowest BCUT2D eigenvalue weighted by Crippen LogP contribution is -2.41. The number of aliphatic hydroxyl groups is 1. The van der Waals surface area contributed by atoms with Gasteiger partial charge in [0.15, 0.2) is 0 Å². The van der Waals surface area contributed by atoms with E-state index in [9.17, 15) is 18.5 Å². The third-order valence-electron chi connectivity index (χ3n) is 4.26. The van der Waals surface area contributed by atoms with E-state index in [0.29, 0.717) is 11.3 Å². The van der Waals surface area contributed by atoms with E-state index in [-0.39, 0.29) is 23.6 Å². The van der Waals surface area contributed by atoms with E-state index in [1.807, 2.05) is 6.92 Å². The highest BCUT2D eigenvalue weighted by atomic mass is 32.2. The molecule has 1 aliphatic carbocycles. The van der Waals surface area contributed by atoms with Crippen molar-refractivity contribution in [1.82, 2.24) is 5.32 Å². The number of hydrogen-bond donors (Lipinski definition) is 2. The van der Waals surface area contributed by atoms with Gasteiger partial charge in [-0.1, -0.05) is 25.5 Å². The molecule has 2 N–H and O–H groups in total. The van der Waals surface area contributed by atoms with Gasteiger partial charge in [-0.2, -0.15) is 0 Å². The maximum atomic E-state index is 13.1. The van der Waals surface area contributed by atoms with Gasteiger partial charge in [0.2, 0.25) is 5.91 Å². The van der Waals surface area contributed by atoms with Gasteiger partial charge in [-0.05, 0) is 37.0 Å². The van der Waals surface area contributed by atoms with Crippen LogP contribution in [0.25, 0.3) is 0 Å². The van der Waals surface area contributed by atoms with Crippen LogP contribution in [-0.2, 0) is 15.6 Å². The summed E-state index contributed by atoms with van der Waals surface area (Å²) in [5.41, 5.74) is 0.397. The first kappa shape index (κ1) is 18.1. The quantitative estimate of drug-likeness (QED) is 0.835. The van der Waals surface area contributed by atoms with Gasteiger partial charge in [-0.25, -0.2) is 4.39 Å². The van der Waals surface area contributed by atoms with Crippen molar-refractivity contribution in [2.45, 2.75) is 56.4 Å². The molecule has 1 fully saturated rings. The Morgan fingerprint density at radius 2 is 2.26 bits per heavy atom. The second-order valence-corrected chi connectivity index (χ2v) is 8.00. The lowest BCUT2D eigenvalue weighted by molar-refractivity contribution is -0.124. The van der Waals surface area contributed by atoms with Crippen molar-refractivity contribution in [3.63, 3.8) is 0 Å². The molecule has 0 heterocycles. The Bertz CT molecular complexity index is 567. The van der Waals surface area contributed by atoms with Gasteiger partial charge in [-0.3, -0.25) is 9.00 Å². The summed E-state index contributed by atoms with van der Waals surface area (Å²) in [4.78, 5) is 12.1. The van der Waals surface area contributed by atoms with E-state index >= 15 is 0 Å². The number of aliphatic hydroxyl groups excluding tert-OH is 1. The lowest BCUT2D eigenvalue weighted by atomic mass is 9.94. The van der Waals surface area contributed by atoms with Gasteiger partial charge in [0.1, 0.15) is 5.82 Å². The van der Waals surface area contributed by atoms with Crippen molar-refractivity contribution in [2.24, 2.45) is 0 Å². The highest BCUT2D eigenvalue weighted by Gasteiger charge is 2.27. The van der Waals surface area contributed by atoms with Crippen LogP contribution in [0.3, 0.4) is 0 Å². The monoisotopic (exact) mass is 341 g/mol. The van der Waals surface area contributed by atoms with Crippen LogP contribution in [-0.4, -0.2) is 32.3 Å². The molecule has 0 aliphatic heterocycles. The standard InChI is InChI=1S/C17H24FNO3S/c1-2-23(22)15-8-4-7-14(10-15)19-17(21)11-16(20)12-5-3-6-13(18)9-12/h3,5-6,9,14-16,20H,2,4,7-8,10-11H2,1H3,(H,19,21). The topological polar surface area (TPSA) is 66.4 Å². The van der Waals surface area contributed by atoms with E-state index < -0.39 is 22.7 Å². The summed E-state index contributed by atoms with van der Waals surface area (Å²) in [6.07, 6.45) is 2.38. The summed E-state index contributed by atoms with van der Waals surface area (Å²) in [7, 11) is -0.834. The number of hydrogen-bond acceptors (Lipinski definition) is 3. The van der Waals surface area contributed by atoms with E-state index in [4.69, 9.17) is 0 Å². The zero-order valence-electron chi connectivity index (χ0n) is 13.3. The van der Waals surface area contributed by atoms with E-state index in [0.717, 1.165) is 25.7 Å². The van der Waals surface area contributed by atoms with Gasteiger partial charge >= 0.3 is 0 Å². The Labute approximate surface area is 138 Å². The summed E-state index contributed by atoms with van der Waals surface area (Å²) in [5, 5.41) is 13.1. The van der Waals surface area contributed by atoms with E-state index in [2.05, 4.69) is 5.32 Å². The third kappa shape index (κ3) is 5.39. The molecule has 1 aromatic carbocycles. The first-order valence-electron chi connectivity index (χ1n) is 8.09. The molecule has 0 spiro atoms. The van der Waals surface area contributed by atoms with Crippen molar-refractivity contribution in [2.75, 3.05) is 5.75 Å². The predicted octanol–water partition coefficient (Wildman–Crippen LogP) is 2.45. The third-order valence-corrected chi connectivity index (χ3v) is 6.00. The first-order valence-corrected chi connectivity index (χ1v) is 9.48. The van der Waals surface area contributed by atoms with Crippen LogP contribution < -0.4 is 5.32 Å². The fourth-order valence-corrected chi connectivity index (χ4v) is 4.39. The molecular weight excluding hydrogens is 317 g/mol. The lowest BCUT2D eigenvalue weighted by Gasteiger charge is -2.29. The van der Waals surface area contributed by atoms with Crippen LogP contribution in [0.2, 0.25) is 0 Å². The predicted molar refractivity (Wildman–Crippen MR) is 88.8 cm³/mol. The number of benzene rings is 1. The van der Waals surface area contributed by atoms with Crippen LogP contribution in [0.5, 0.6) is 0 Å². The fraction of sp³-hybridized carbons (Fsp3) is 0.588. The largest absolute Gasteiger partial charge is 0.388 e. The Kier molecular flexibility index (Phi) is 6.72. The second kappa shape index (κ2) is 8.55. The van der Waals surface area contributed by atoms with Crippen molar-refractivity contribution in [3.05, 3.63) is 35.6 Å². The molecule has 0 saturated heterocycles. The molecule has 0 bridgehead atoms. The van der Waals surface area contributed by atoms with Crippen molar-refractivity contribution in [3.8, 4) is 0 Å². The van der Waals surface area contributed by atoms with Gasteiger partial charge in [-0.15, -0.1) is 0 Å². The molecule has 0 aromatic heterocycles. The molecule has 4 nitrogen and oxygen atoms in total. The number of amides is 1. The van der Waals surface area contributed by atoms with Crippen molar-refractivity contribution in [1.29, 1.82) is 0 Å². The normalized spacial score (nSPS) is 24.0. The summed E-state index contributed by atoms with van der Waals surface area (Å²) in [5.74, 6) is -0.0438. The minimum absolute atomic E-state index is 0.0106. The van der Waals surface area contributed by atoms with Crippen LogP contribution in [0.4, 0.5) is 4.39 Å². The first-order chi connectivity index (χ1) is 11.0. The highest BCUT2D eigenvalue weighted by molar-refractivity contribution is 7.85. The average Bonchev–Trinajstić information content (AvgIpc) is 2.54. The van der Waals surface area contributed by atoms with Crippen LogP contribution in [0.15, 0.2) is 24.3 Å². The fourth-order valence-electron chi connectivity index (χ4n) is 3.04. The summed E-state index contributed by atoms with van der Waals surface area (Å²) < 4.78 is 25.1. The van der Waals surface area contributed by atoms with Gasteiger partial charge < -0.3 is 10.4 Å². The van der Waals surface area contributed by atoms with E-state index in [1.54, 1.807) is 6.07 Å².